The van der Waals surface area contributed by atoms with Crippen molar-refractivity contribution in [1.29, 1.82) is 0 Å². The Morgan fingerprint density at radius 2 is 2.16 bits per heavy atom. The van der Waals surface area contributed by atoms with E-state index in [0.29, 0.717) is 24.7 Å². The first kappa shape index (κ1) is 17.8. The molecule has 0 radical (unpaired) electrons. The van der Waals surface area contributed by atoms with Crippen LogP contribution in [-0.4, -0.2) is 51.5 Å². The van der Waals surface area contributed by atoms with E-state index >= 15 is 0 Å². The minimum absolute atomic E-state index is 0.0245. The Kier molecular flexibility index (Phi) is 6.01. The number of rotatable bonds is 8. The predicted octanol–water partition coefficient (Wildman–Crippen LogP) is 1.88. The lowest BCUT2D eigenvalue weighted by atomic mass is 10.0. The quantitative estimate of drug-likeness (QED) is 0.701. The summed E-state index contributed by atoms with van der Waals surface area (Å²) in [4.78, 5) is 6.69. The Labute approximate surface area is 153 Å². The van der Waals surface area contributed by atoms with Crippen molar-refractivity contribution in [3.8, 4) is 0 Å². The highest BCUT2D eigenvalue weighted by Gasteiger charge is 2.40. The molecule has 1 fully saturated rings. The third-order valence-electron chi connectivity index (χ3n) is 4.46. The van der Waals surface area contributed by atoms with Crippen molar-refractivity contribution >= 4 is 17.3 Å². The number of pyridine rings is 1. The van der Waals surface area contributed by atoms with Gasteiger partial charge in [0.05, 0.1) is 24.4 Å². The summed E-state index contributed by atoms with van der Waals surface area (Å²) in [5.74, 6) is 0. The van der Waals surface area contributed by atoms with Crippen LogP contribution in [0.4, 0.5) is 0 Å². The molecule has 0 bridgehead atoms. The van der Waals surface area contributed by atoms with E-state index in [4.69, 9.17) is 17.0 Å². The molecule has 0 spiro atoms. The van der Waals surface area contributed by atoms with E-state index in [2.05, 4.69) is 32.0 Å². The molecule has 0 saturated carbocycles. The Morgan fingerprint density at radius 1 is 1.28 bits per heavy atom. The molecule has 3 rings (SSSR count). The van der Waals surface area contributed by atoms with Gasteiger partial charge in [-0.1, -0.05) is 6.07 Å². The highest BCUT2D eigenvalue weighted by Crippen LogP contribution is 2.38. The van der Waals surface area contributed by atoms with Gasteiger partial charge in [-0.3, -0.25) is 4.98 Å². The van der Waals surface area contributed by atoms with E-state index in [1.54, 1.807) is 13.3 Å². The van der Waals surface area contributed by atoms with Crippen molar-refractivity contribution in [3.63, 3.8) is 0 Å². The summed E-state index contributed by atoms with van der Waals surface area (Å²) in [5, 5.41) is 13.4. The Balaban J connectivity index is 1.96. The summed E-state index contributed by atoms with van der Waals surface area (Å²) in [7, 11) is 1.71. The molecule has 2 aromatic heterocycles. The standard InChI is InChI=1S/C18H24N4O2S/c1-24-13-11-21-9-4-7-15(21)17-16(14-6-2-3-8-19-14)20-18(25)22(17)10-5-12-23/h2-4,6-9,16-17,23H,5,10-13H2,1H3,(H,20,25). The average molecular weight is 360 g/mol. The number of nitrogens with zero attached hydrogens (tertiary/aromatic N) is 3. The first-order valence-electron chi connectivity index (χ1n) is 8.49. The highest BCUT2D eigenvalue weighted by atomic mass is 32.1. The second kappa shape index (κ2) is 8.42. The van der Waals surface area contributed by atoms with E-state index < -0.39 is 0 Å². The van der Waals surface area contributed by atoms with Crippen molar-refractivity contribution in [2.45, 2.75) is 25.0 Å². The van der Waals surface area contributed by atoms with Crippen LogP contribution in [0.15, 0.2) is 42.7 Å². The number of aliphatic hydroxyl groups excluding tert-OH is 1. The molecule has 2 N–H and O–H groups in total. The number of hydrogen-bond donors (Lipinski definition) is 2. The summed E-state index contributed by atoms with van der Waals surface area (Å²) in [6.07, 6.45) is 4.54. The zero-order chi connectivity index (χ0) is 17.6. The minimum atomic E-state index is -0.0245. The Morgan fingerprint density at radius 3 is 2.88 bits per heavy atom. The van der Waals surface area contributed by atoms with E-state index in [1.165, 1.54) is 0 Å². The molecular weight excluding hydrogens is 336 g/mol. The van der Waals surface area contributed by atoms with Crippen LogP contribution in [0, 0.1) is 0 Å². The van der Waals surface area contributed by atoms with Crippen molar-refractivity contribution < 1.29 is 9.84 Å². The molecule has 0 amide bonds. The number of ether oxygens (including phenoxy) is 1. The second-order valence-electron chi connectivity index (χ2n) is 6.02. The number of nitrogens with one attached hydrogen (secondary N) is 1. The lowest BCUT2D eigenvalue weighted by Gasteiger charge is -2.28. The fourth-order valence-corrected chi connectivity index (χ4v) is 3.63. The van der Waals surface area contributed by atoms with Gasteiger partial charge in [0.15, 0.2) is 5.11 Å². The molecule has 0 aromatic carbocycles. The molecule has 25 heavy (non-hydrogen) atoms. The molecule has 2 unspecified atom stereocenters. The summed E-state index contributed by atoms with van der Waals surface area (Å²) in [5.41, 5.74) is 2.12. The summed E-state index contributed by atoms with van der Waals surface area (Å²) in [6, 6.07) is 10.1. The fraction of sp³-hybridized carbons (Fsp3) is 0.444. The second-order valence-corrected chi connectivity index (χ2v) is 6.40. The van der Waals surface area contributed by atoms with Gasteiger partial charge in [-0.25, -0.2) is 0 Å². The van der Waals surface area contributed by atoms with Gasteiger partial charge >= 0.3 is 0 Å². The zero-order valence-electron chi connectivity index (χ0n) is 14.3. The van der Waals surface area contributed by atoms with Crippen molar-refractivity contribution in [2.75, 3.05) is 26.9 Å². The fourth-order valence-electron chi connectivity index (χ4n) is 3.30. The van der Waals surface area contributed by atoms with Crippen molar-refractivity contribution in [1.82, 2.24) is 19.8 Å². The maximum atomic E-state index is 9.26. The van der Waals surface area contributed by atoms with Gasteiger partial charge < -0.3 is 24.6 Å². The molecule has 1 saturated heterocycles. The van der Waals surface area contributed by atoms with E-state index in [-0.39, 0.29) is 18.7 Å². The largest absolute Gasteiger partial charge is 0.396 e. The molecule has 134 valence electrons. The summed E-state index contributed by atoms with van der Waals surface area (Å²) < 4.78 is 7.44. The van der Waals surface area contributed by atoms with Crippen LogP contribution in [0.1, 0.15) is 29.9 Å². The van der Waals surface area contributed by atoms with Gasteiger partial charge in [0.2, 0.25) is 0 Å². The van der Waals surface area contributed by atoms with Crippen LogP contribution >= 0.6 is 12.2 Å². The highest BCUT2D eigenvalue weighted by molar-refractivity contribution is 7.80. The molecule has 2 atom stereocenters. The monoisotopic (exact) mass is 360 g/mol. The molecule has 3 heterocycles. The topological polar surface area (TPSA) is 62.5 Å². The summed E-state index contributed by atoms with van der Waals surface area (Å²) >= 11 is 5.58. The van der Waals surface area contributed by atoms with Crippen LogP contribution < -0.4 is 5.32 Å². The number of aliphatic hydroxyl groups is 1. The maximum Gasteiger partial charge on any atom is 0.170 e. The van der Waals surface area contributed by atoms with Gasteiger partial charge in [0, 0.05) is 44.9 Å². The van der Waals surface area contributed by atoms with Crippen molar-refractivity contribution in [2.24, 2.45) is 0 Å². The average Bonchev–Trinajstić information content (AvgIpc) is 3.22. The first-order chi connectivity index (χ1) is 12.3. The van der Waals surface area contributed by atoms with Crippen molar-refractivity contribution in [3.05, 3.63) is 54.1 Å². The molecular formula is C18H24N4O2S. The third-order valence-corrected chi connectivity index (χ3v) is 4.81. The van der Waals surface area contributed by atoms with E-state index in [1.807, 2.05) is 24.3 Å². The number of thiocarbonyl (C=S) groups is 1. The van der Waals surface area contributed by atoms with Gasteiger partial charge in [-0.05, 0) is 42.9 Å². The first-order valence-corrected chi connectivity index (χ1v) is 8.90. The van der Waals surface area contributed by atoms with Crippen LogP contribution in [0.3, 0.4) is 0 Å². The van der Waals surface area contributed by atoms with Gasteiger partial charge in [-0.2, -0.15) is 0 Å². The van der Waals surface area contributed by atoms with E-state index in [9.17, 15) is 5.11 Å². The van der Waals surface area contributed by atoms with Gasteiger partial charge in [0.25, 0.3) is 0 Å². The minimum Gasteiger partial charge on any atom is -0.396 e. The zero-order valence-corrected chi connectivity index (χ0v) is 15.2. The predicted molar refractivity (Wildman–Crippen MR) is 100 cm³/mol. The normalized spacial score (nSPS) is 20.1. The third kappa shape index (κ3) is 3.84. The maximum absolute atomic E-state index is 9.26. The van der Waals surface area contributed by atoms with Gasteiger partial charge in [-0.15, -0.1) is 0 Å². The molecule has 2 aromatic rings. The lowest BCUT2D eigenvalue weighted by molar-refractivity contribution is 0.183. The van der Waals surface area contributed by atoms with Gasteiger partial charge in [0.1, 0.15) is 0 Å². The lowest BCUT2D eigenvalue weighted by Crippen LogP contribution is -2.32. The number of aromatic nitrogens is 2. The Hall–Kier alpha value is -1.96. The van der Waals surface area contributed by atoms with E-state index in [0.717, 1.165) is 17.9 Å². The molecule has 1 aliphatic heterocycles. The van der Waals surface area contributed by atoms with Crippen LogP contribution in [0.25, 0.3) is 0 Å². The molecule has 6 nitrogen and oxygen atoms in total. The van der Waals surface area contributed by atoms with Crippen LogP contribution in [-0.2, 0) is 11.3 Å². The molecule has 7 heteroatoms. The Bertz CT molecular complexity index is 691. The van der Waals surface area contributed by atoms with Crippen LogP contribution in [0.5, 0.6) is 0 Å². The molecule has 1 aliphatic rings. The number of hydrogen-bond acceptors (Lipinski definition) is 4. The number of methoxy groups -OCH3 is 1. The van der Waals surface area contributed by atoms with Crippen LogP contribution in [0.2, 0.25) is 0 Å². The summed E-state index contributed by atoms with van der Waals surface area (Å²) in [6.45, 7) is 2.28. The molecule has 0 aliphatic carbocycles. The smallest absolute Gasteiger partial charge is 0.170 e. The SMILES string of the molecule is COCCn1cccc1C1C(c2ccccn2)NC(=S)N1CCCO.